The SMILES string of the molecule is COC1=C(OC)C(CCOC(C)(C)O)OC1=O. The molecule has 1 aliphatic heterocycles. The van der Waals surface area contributed by atoms with Crippen LogP contribution in [0.3, 0.4) is 0 Å². The van der Waals surface area contributed by atoms with Gasteiger partial charge >= 0.3 is 5.97 Å². The summed E-state index contributed by atoms with van der Waals surface area (Å²) in [5, 5.41) is 9.37. The lowest BCUT2D eigenvalue weighted by atomic mass is 10.2. The van der Waals surface area contributed by atoms with E-state index in [4.69, 9.17) is 18.9 Å². The van der Waals surface area contributed by atoms with Gasteiger partial charge in [0, 0.05) is 6.42 Å². The van der Waals surface area contributed by atoms with Crippen LogP contribution >= 0.6 is 0 Å². The van der Waals surface area contributed by atoms with Crippen LogP contribution in [0.1, 0.15) is 20.3 Å². The number of methoxy groups -OCH3 is 2. The molecule has 0 bridgehead atoms. The van der Waals surface area contributed by atoms with Gasteiger partial charge in [0.1, 0.15) is 0 Å². The maximum Gasteiger partial charge on any atom is 0.378 e. The van der Waals surface area contributed by atoms with E-state index in [0.29, 0.717) is 12.2 Å². The van der Waals surface area contributed by atoms with E-state index in [1.54, 1.807) is 0 Å². The summed E-state index contributed by atoms with van der Waals surface area (Å²) >= 11 is 0. The summed E-state index contributed by atoms with van der Waals surface area (Å²) in [4.78, 5) is 11.4. The molecule has 1 rings (SSSR count). The first kappa shape index (κ1) is 13.8. The Balaban J connectivity index is 2.56. The zero-order valence-electron chi connectivity index (χ0n) is 10.5. The summed E-state index contributed by atoms with van der Waals surface area (Å²) in [7, 11) is 2.82. The molecule has 6 heteroatoms. The van der Waals surface area contributed by atoms with Gasteiger partial charge in [-0.3, -0.25) is 0 Å². The molecule has 1 N–H and O–H groups in total. The van der Waals surface area contributed by atoms with E-state index in [0.717, 1.165) is 0 Å². The first-order valence-corrected chi connectivity index (χ1v) is 5.28. The van der Waals surface area contributed by atoms with E-state index in [9.17, 15) is 9.90 Å². The van der Waals surface area contributed by atoms with Crippen LogP contribution in [0.2, 0.25) is 0 Å². The number of carbonyl (C=O) groups excluding carboxylic acids is 1. The van der Waals surface area contributed by atoms with Crippen LogP contribution in [0, 0.1) is 0 Å². The van der Waals surface area contributed by atoms with Crippen LogP contribution in [0.25, 0.3) is 0 Å². The van der Waals surface area contributed by atoms with Crippen LogP contribution in [-0.2, 0) is 23.7 Å². The molecule has 0 spiro atoms. The second kappa shape index (κ2) is 5.37. The van der Waals surface area contributed by atoms with Crippen molar-refractivity contribution in [3.8, 4) is 0 Å². The number of cyclic esters (lactones) is 1. The molecular weight excluding hydrogens is 228 g/mol. The highest BCUT2D eigenvalue weighted by molar-refractivity contribution is 5.89. The van der Waals surface area contributed by atoms with E-state index in [-0.39, 0.29) is 12.4 Å². The molecule has 6 nitrogen and oxygen atoms in total. The predicted molar refractivity (Wildman–Crippen MR) is 57.8 cm³/mol. The average molecular weight is 246 g/mol. The van der Waals surface area contributed by atoms with Crippen molar-refractivity contribution in [2.75, 3.05) is 20.8 Å². The summed E-state index contributed by atoms with van der Waals surface area (Å²) in [6.07, 6.45) is -0.129. The summed E-state index contributed by atoms with van der Waals surface area (Å²) in [5.41, 5.74) is 0. The first-order chi connectivity index (χ1) is 7.89. The Morgan fingerprint density at radius 2 is 2.00 bits per heavy atom. The minimum absolute atomic E-state index is 0.0840. The van der Waals surface area contributed by atoms with Gasteiger partial charge in [-0.1, -0.05) is 0 Å². The molecule has 1 unspecified atom stereocenters. The molecule has 0 aromatic heterocycles. The van der Waals surface area contributed by atoms with Crippen molar-refractivity contribution < 1.29 is 28.8 Å². The van der Waals surface area contributed by atoms with Gasteiger partial charge in [0.05, 0.1) is 20.8 Å². The van der Waals surface area contributed by atoms with Gasteiger partial charge in [-0.15, -0.1) is 0 Å². The normalized spacial score (nSPS) is 20.5. The maximum atomic E-state index is 11.4. The largest absolute Gasteiger partial charge is 0.493 e. The molecule has 1 aliphatic rings. The van der Waals surface area contributed by atoms with Gasteiger partial charge in [-0.05, 0) is 13.8 Å². The lowest BCUT2D eigenvalue weighted by Crippen LogP contribution is -2.26. The molecular formula is C11H18O6. The number of hydrogen-bond donors (Lipinski definition) is 1. The molecule has 0 radical (unpaired) electrons. The monoisotopic (exact) mass is 246 g/mol. The number of rotatable bonds is 6. The Bertz CT molecular complexity index is 314. The Morgan fingerprint density at radius 1 is 1.35 bits per heavy atom. The Labute approximate surface area is 100 Å². The number of esters is 1. The zero-order chi connectivity index (χ0) is 13.1. The highest BCUT2D eigenvalue weighted by Crippen LogP contribution is 2.26. The topological polar surface area (TPSA) is 74.2 Å². The summed E-state index contributed by atoms with van der Waals surface area (Å²) in [6, 6.07) is 0. The minimum Gasteiger partial charge on any atom is -0.493 e. The van der Waals surface area contributed by atoms with Gasteiger partial charge in [-0.25, -0.2) is 4.79 Å². The standard InChI is InChI=1S/C11H18O6/c1-11(2,13)16-6-5-7-8(14-3)9(15-4)10(12)17-7/h7,13H,5-6H2,1-4H3. The zero-order valence-corrected chi connectivity index (χ0v) is 10.5. The van der Waals surface area contributed by atoms with Gasteiger partial charge in [0.15, 0.2) is 17.7 Å². The molecule has 0 saturated heterocycles. The number of hydrogen-bond acceptors (Lipinski definition) is 6. The van der Waals surface area contributed by atoms with Crippen molar-refractivity contribution in [2.24, 2.45) is 0 Å². The van der Waals surface area contributed by atoms with Crippen molar-refractivity contribution in [2.45, 2.75) is 32.2 Å². The number of carbonyl (C=O) groups is 1. The summed E-state index contributed by atoms with van der Waals surface area (Å²) < 4.78 is 20.2. The fourth-order valence-electron chi connectivity index (χ4n) is 1.50. The Kier molecular flexibility index (Phi) is 4.36. The molecule has 0 aromatic rings. The minimum atomic E-state index is -1.20. The molecule has 0 fully saturated rings. The molecule has 0 amide bonds. The fourth-order valence-corrected chi connectivity index (χ4v) is 1.50. The average Bonchev–Trinajstić information content (AvgIpc) is 2.51. The van der Waals surface area contributed by atoms with Crippen LogP contribution in [0.4, 0.5) is 0 Å². The maximum absolute atomic E-state index is 11.4. The van der Waals surface area contributed by atoms with Gasteiger partial charge in [0.2, 0.25) is 5.76 Å². The van der Waals surface area contributed by atoms with Gasteiger partial charge in [0.25, 0.3) is 0 Å². The molecule has 0 aromatic carbocycles. The van der Waals surface area contributed by atoms with Crippen molar-refractivity contribution in [1.29, 1.82) is 0 Å². The Morgan fingerprint density at radius 3 is 2.47 bits per heavy atom. The smallest absolute Gasteiger partial charge is 0.378 e. The van der Waals surface area contributed by atoms with Crippen molar-refractivity contribution in [3.05, 3.63) is 11.5 Å². The second-order valence-corrected chi connectivity index (χ2v) is 4.08. The highest BCUT2D eigenvalue weighted by atomic mass is 16.6. The molecule has 1 heterocycles. The van der Waals surface area contributed by atoms with E-state index in [1.807, 2.05) is 0 Å². The van der Waals surface area contributed by atoms with Crippen LogP contribution in [0.15, 0.2) is 11.5 Å². The number of ether oxygens (including phenoxy) is 4. The quantitative estimate of drug-likeness (QED) is 0.545. The molecule has 17 heavy (non-hydrogen) atoms. The third-order valence-electron chi connectivity index (χ3n) is 2.21. The summed E-state index contributed by atoms with van der Waals surface area (Å²) in [5.74, 6) is -1.31. The molecule has 1 atom stereocenters. The van der Waals surface area contributed by atoms with E-state index >= 15 is 0 Å². The van der Waals surface area contributed by atoms with E-state index < -0.39 is 17.9 Å². The number of aliphatic hydroxyl groups is 1. The van der Waals surface area contributed by atoms with Crippen LogP contribution < -0.4 is 0 Å². The first-order valence-electron chi connectivity index (χ1n) is 5.28. The molecule has 0 aliphatic carbocycles. The van der Waals surface area contributed by atoms with Crippen molar-refractivity contribution in [1.82, 2.24) is 0 Å². The van der Waals surface area contributed by atoms with E-state index in [1.165, 1.54) is 28.1 Å². The fraction of sp³-hybridized carbons (Fsp3) is 0.727. The summed E-state index contributed by atoms with van der Waals surface area (Å²) in [6.45, 7) is 3.30. The second-order valence-electron chi connectivity index (χ2n) is 4.08. The van der Waals surface area contributed by atoms with Crippen molar-refractivity contribution in [3.63, 3.8) is 0 Å². The van der Waals surface area contributed by atoms with Crippen LogP contribution in [0.5, 0.6) is 0 Å². The van der Waals surface area contributed by atoms with Gasteiger partial charge < -0.3 is 24.1 Å². The highest BCUT2D eigenvalue weighted by Gasteiger charge is 2.36. The van der Waals surface area contributed by atoms with Crippen LogP contribution in [-0.4, -0.2) is 43.8 Å². The lowest BCUT2D eigenvalue weighted by Gasteiger charge is -2.19. The van der Waals surface area contributed by atoms with E-state index in [2.05, 4.69) is 0 Å². The van der Waals surface area contributed by atoms with Crippen molar-refractivity contribution >= 4 is 5.97 Å². The Hall–Kier alpha value is -1.27. The third-order valence-corrected chi connectivity index (χ3v) is 2.21. The predicted octanol–water partition coefficient (Wildman–Crippen LogP) is 0.551. The van der Waals surface area contributed by atoms with Gasteiger partial charge in [-0.2, -0.15) is 0 Å². The molecule has 98 valence electrons. The molecule has 0 saturated carbocycles. The third kappa shape index (κ3) is 3.61. The lowest BCUT2D eigenvalue weighted by molar-refractivity contribution is -0.180.